The lowest BCUT2D eigenvalue weighted by Gasteiger charge is -2.33. The molecule has 0 spiro atoms. The number of nitrogens with zero attached hydrogens (tertiary/aromatic N) is 1. The fourth-order valence-corrected chi connectivity index (χ4v) is 1.89. The van der Waals surface area contributed by atoms with Crippen LogP contribution in [0.25, 0.3) is 0 Å². The Balaban J connectivity index is 2.61. The van der Waals surface area contributed by atoms with E-state index >= 15 is 0 Å². The molecule has 5 nitrogen and oxygen atoms in total. The van der Waals surface area contributed by atoms with E-state index in [1.807, 2.05) is 18.7 Å². The molecule has 0 bridgehead atoms. The topological polar surface area (TPSA) is 61.4 Å². The van der Waals surface area contributed by atoms with E-state index in [9.17, 15) is 9.59 Å². The summed E-state index contributed by atoms with van der Waals surface area (Å²) in [7, 11) is 0. The largest absolute Gasteiger partial charge is 0.353 e. The molecule has 1 rings (SSSR count). The molecule has 5 heteroatoms. The van der Waals surface area contributed by atoms with Crippen LogP contribution in [0.3, 0.4) is 0 Å². The van der Waals surface area contributed by atoms with Crippen LogP contribution >= 0.6 is 0 Å². The van der Waals surface area contributed by atoms with Crippen molar-refractivity contribution in [2.75, 3.05) is 19.6 Å². The second kappa shape index (κ2) is 6.00. The van der Waals surface area contributed by atoms with Crippen LogP contribution in [0.5, 0.6) is 0 Å². The molecular formula is C12H23N3O2. The normalized spacial score (nSPS) is 20.6. The summed E-state index contributed by atoms with van der Waals surface area (Å²) in [5.74, 6) is 0.474. The number of piperazine rings is 1. The lowest BCUT2D eigenvalue weighted by atomic mass is 10.1. The number of hydrogen-bond acceptors (Lipinski definition) is 3. The van der Waals surface area contributed by atoms with Crippen molar-refractivity contribution in [3.8, 4) is 0 Å². The van der Waals surface area contributed by atoms with Crippen molar-refractivity contribution in [2.45, 2.75) is 39.8 Å². The standard InChI is InChI=1S/C12H23N3O2/c1-8(2)7-15(9(3)4)12(17)10-5-14-11(16)6-13-10/h8-10,13H,5-7H2,1-4H3,(H,14,16). The maximum atomic E-state index is 12.3. The predicted molar refractivity (Wildman–Crippen MR) is 66.5 cm³/mol. The lowest BCUT2D eigenvalue weighted by molar-refractivity contribution is -0.137. The van der Waals surface area contributed by atoms with Crippen LogP contribution < -0.4 is 10.6 Å². The minimum atomic E-state index is -0.283. The highest BCUT2D eigenvalue weighted by molar-refractivity contribution is 5.87. The molecule has 0 aromatic carbocycles. The number of nitrogens with one attached hydrogen (secondary N) is 2. The van der Waals surface area contributed by atoms with Crippen molar-refractivity contribution in [1.82, 2.24) is 15.5 Å². The van der Waals surface area contributed by atoms with Crippen molar-refractivity contribution in [3.63, 3.8) is 0 Å². The Morgan fingerprint density at radius 3 is 2.47 bits per heavy atom. The highest BCUT2D eigenvalue weighted by Gasteiger charge is 2.29. The third-order valence-electron chi connectivity index (χ3n) is 2.78. The third kappa shape index (κ3) is 4.00. The molecule has 0 aliphatic carbocycles. The zero-order valence-corrected chi connectivity index (χ0v) is 11.1. The molecule has 0 aromatic heterocycles. The minimum Gasteiger partial charge on any atom is -0.353 e. The zero-order chi connectivity index (χ0) is 13.0. The van der Waals surface area contributed by atoms with Gasteiger partial charge in [0.1, 0.15) is 6.04 Å². The fourth-order valence-electron chi connectivity index (χ4n) is 1.89. The van der Waals surface area contributed by atoms with Gasteiger partial charge in [0.2, 0.25) is 11.8 Å². The quantitative estimate of drug-likeness (QED) is 0.726. The van der Waals surface area contributed by atoms with Gasteiger partial charge < -0.3 is 10.2 Å². The maximum Gasteiger partial charge on any atom is 0.241 e. The first-order valence-electron chi connectivity index (χ1n) is 6.22. The molecule has 1 aliphatic heterocycles. The Kier molecular flexibility index (Phi) is 4.93. The van der Waals surface area contributed by atoms with E-state index in [-0.39, 0.29) is 30.4 Å². The van der Waals surface area contributed by atoms with Gasteiger partial charge in [-0.3, -0.25) is 14.9 Å². The summed E-state index contributed by atoms with van der Waals surface area (Å²) in [5.41, 5.74) is 0. The predicted octanol–water partition coefficient (Wildman–Crippen LogP) is -0.0326. The minimum absolute atomic E-state index is 0.0472. The summed E-state index contributed by atoms with van der Waals surface area (Å²) in [5, 5.41) is 5.69. The first kappa shape index (κ1) is 14.0. The summed E-state index contributed by atoms with van der Waals surface area (Å²) < 4.78 is 0. The van der Waals surface area contributed by atoms with Crippen LogP contribution in [0, 0.1) is 5.92 Å². The second-order valence-corrected chi connectivity index (χ2v) is 5.22. The molecule has 1 unspecified atom stereocenters. The lowest BCUT2D eigenvalue weighted by Crippen LogP contribution is -2.59. The van der Waals surface area contributed by atoms with Crippen LogP contribution in [-0.4, -0.2) is 48.4 Å². The number of amides is 2. The Hall–Kier alpha value is -1.10. The van der Waals surface area contributed by atoms with Gasteiger partial charge in [-0.2, -0.15) is 0 Å². The molecule has 98 valence electrons. The Bertz CT molecular complexity index is 279. The number of carbonyl (C=O) groups excluding carboxylic acids is 2. The van der Waals surface area contributed by atoms with E-state index in [1.165, 1.54) is 0 Å². The van der Waals surface area contributed by atoms with E-state index in [0.29, 0.717) is 12.5 Å². The molecule has 0 aromatic rings. The highest BCUT2D eigenvalue weighted by atomic mass is 16.2. The summed E-state index contributed by atoms with van der Waals surface area (Å²) in [4.78, 5) is 25.2. The first-order chi connectivity index (χ1) is 7.91. The van der Waals surface area contributed by atoms with Crippen LogP contribution in [0.15, 0.2) is 0 Å². The van der Waals surface area contributed by atoms with Crippen molar-refractivity contribution < 1.29 is 9.59 Å². The van der Waals surface area contributed by atoms with Gasteiger partial charge in [-0.15, -0.1) is 0 Å². The second-order valence-electron chi connectivity index (χ2n) is 5.22. The van der Waals surface area contributed by atoms with Gasteiger partial charge in [-0.05, 0) is 19.8 Å². The van der Waals surface area contributed by atoms with Gasteiger partial charge in [0.05, 0.1) is 6.54 Å². The Morgan fingerprint density at radius 2 is 2.06 bits per heavy atom. The van der Waals surface area contributed by atoms with Gasteiger partial charge in [0, 0.05) is 19.1 Å². The van der Waals surface area contributed by atoms with Crippen molar-refractivity contribution >= 4 is 11.8 Å². The van der Waals surface area contributed by atoms with Crippen molar-refractivity contribution in [2.24, 2.45) is 5.92 Å². The van der Waals surface area contributed by atoms with Gasteiger partial charge in [0.15, 0.2) is 0 Å². The molecule has 1 aliphatic rings. The summed E-state index contributed by atoms with van der Waals surface area (Å²) in [6.07, 6.45) is 0. The molecule has 17 heavy (non-hydrogen) atoms. The van der Waals surface area contributed by atoms with E-state index in [4.69, 9.17) is 0 Å². The molecule has 1 atom stereocenters. The van der Waals surface area contributed by atoms with E-state index in [1.54, 1.807) is 0 Å². The van der Waals surface area contributed by atoms with E-state index < -0.39 is 0 Å². The molecule has 0 radical (unpaired) electrons. The molecular weight excluding hydrogens is 218 g/mol. The molecule has 0 saturated carbocycles. The van der Waals surface area contributed by atoms with Gasteiger partial charge >= 0.3 is 0 Å². The summed E-state index contributed by atoms with van der Waals surface area (Å²) in [6, 6.07) is -0.0989. The van der Waals surface area contributed by atoms with Gasteiger partial charge in [-0.1, -0.05) is 13.8 Å². The Morgan fingerprint density at radius 1 is 1.41 bits per heavy atom. The van der Waals surface area contributed by atoms with Crippen LogP contribution in [0.4, 0.5) is 0 Å². The zero-order valence-electron chi connectivity index (χ0n) is 11.1. The molecule has 1 saturated heterocycles. The van der Waals surface area contributed by atoms with Crippen LogP contribution in [0.1, 0.15) is 27.7 Å². The van der Waals surface area contributed by atoms with E-state index in [2.05, 4.69) is 24.5 Å². The number of carbonyl (C=O) groups is 2. The summed E-state index contributed by atoms with van der Waals surface area (Å²) in [6.45, 7) is 9.59. The third-order valence-corrected chi connectivity index (χ3v) is 2.78. The molecule has 1 fully saturated rings. The van der Waals surface area contributed by atoms with Crippen molar-refractivity contribution in [3.05, 3.63) is 0 Å². The summed E-state index contributed by atoms with van der Waals surface area (Å²) >= 11 is 0. The Labute approximate surface area is 103 Å². The van der Waals surface area contributed by atoms with Crippen LogP contribution in [0.2, 0.25) is 0 Å². The SMILES string of the molecule is CC(C)CN(C(=O)C1CNC(=O)CN1)C(C)C. The first-order valence-corrected chi connectivity index (χ1v) is 6.22. The number of hydrogen-bond donors (Lipinski definition) is 2. The monoisotopic (exact) mass is 241 g/mol. The van der Waals surface area contributed by atoms with Gasteiger partial charge in [-0.25, -0.2) is 0 Å². The average molecular weight is 241 g/mol. The van der Waals surface area contributed by atoms with E-state index in [0.717, 1.165) is 6.54 Å². The maximum absolute atomic E-state index is 12.3. The van der Waals surface area contributed by atoms with Crippen LogP contribution in [-0.2, 0) is 9.59 Å². The number of rotatable bonds is 4. The smallest absolute Gasteiger partial charge is 0.241 e. The molecule has 2 N–H and O–H groups in total. The average Bonchev–Trinajstić information content (AvgIpc) is 2.25. The fraction of sp³-hybridized carbons (Fsp3) is 0.833. The van der Waals surface area contributed by atoms with Gasteiger partial charge in [0.25, 0.3) is 0 Å². The molecule has 2 amide bonds. The highest BCUT2D eigenvalue weighted by Crippen LogP contribution is 2.07. The molecule has 1 heterocycles. The van der Waals surface area contributed by atoms with Crippen molar-refractivity contribution in [1.29, 1.82) is 0 Å².